The maximum atomic E-state index is 11.7. The number of amides is 1. The number of imidazole rings is 1. The van der Waals surface area contributed by atoms with Gasteiger partial charge in [0, 0.05) is 30.2 Å². The molecule has 0 saturated carbocycles. The van der Waals surface area contributed by atoms with E-state index in [0.717, 1.165) is 12.1 Å². The Morgan fingerprint density at radius 2 is 2.11 bits per heavy atom. The van der Waals surface area contributed by atoms with E-state index < -0.39 is 0 Å². The summed E-state index contributed by atoms with van der Waals surface area (Å²) in [6.07, 6.45) is 6.08. The summed E-state index contributed by atoms with van der Waals surface area (Å²) in [5, 5.41) is 2.82. The van der Waals surface area contributed by atoms with E-state index >= 15 is 0 Å². The van der Waals surface area contributed by atoms with E-state index in [4.69, 9.17) is 5.73 Å². The molecule has 0 atom stereocenters. The number of carbonyl (C=O) groups is 1. The molecule has 0 unspecified atom stereocenters. The van der Waals surface area contributed by atoms with Crippen molar-refractivity contribution in [3.05, 3.63) is 48.5 Å². The van der Waals surface area contributed by atoms with E-state index in [1.54, 1.807) is 24.7 Å². The lowest BCUT2D eigenvalue weighted by molar-refractivity contribution is 0.0953. The molecule has 94 valence electrons. The molecule has 5 nitrogen and oxygen atoms in total. The second kappa shape index (κ2) is 5.97. The minimum Gasteiger partial charge on any atom is -0.352 e. The van der Waals surface area contributed by atoms with Crippen molar-refractivity contribution in [1.82, 2.24) is 14.9 Å². The van der Waals surface area contributed by atoms with Crippen LogP contribution in [0.3, 0.4) is 0 Å². The number of benzene rings is 1. The SMILES string of the molecule is NCCCNC(=O)c1ccc(-n2ccnc2)cc1. The second-order valence-electron chi connectivity index (χ2n) is 3.91. The molecule has 0 spiro atoms. The van der Waals surface area contributed by atoms with Crippen LogP contribution in [0.2, 0.25) is 0 Å². The van der Waals surface area contributed by atoms with E-state index in [9.17, 15) is 4.79 Å². The zero-order chi connectivity index (χ0) is 12.8. The first-order valence-electron chi connectivity index (χ1n) is 5.88. The molecule has 2 rings (SSSR count). The predicted molar refractivity (Wildman–Crippen MR) is 69.6 cm³/mol. The first kappa shape index (κ1) is 12.3. The molecule has 0 aliphatic heterocycles. The average Bonchev–Trinajstić information content (AvgIpc) is 2.93. The van der Waals surface area contributed by atoms with E-state index in [2.05, 4.69) is 10.3 Å². The number of carbonyl (C=O) groups excluding carboxylic acids is 1. The molecular formula is C13H16N4O. The summed E-state index contributed by atoms with van der Waals surface area (Å²) < 4.78 is 1.89. The highest BCUT2D eigenvalue weighted by Crippen LogP contribution is 2.09. The summed E-state index contributed by atoms with van der Waals surface area (Å²) >= 11 is 0. The fourth-order valence-corrected chi connectivity index (χ4v) is 1.60. The Morgan fingerprint density at radius 3 is 2.72 bits per heavy atom. The van der Waals surface area contributed by atoms with Crippen molar-refractivity contribution >= 4 is 5.91 Å². The van der Waals surface area contributed by atoms with Gasteiger partial charge in [-0.25, -0.2) is 4.98 Å². The number of nitrogens with two attached hydrogens (primary N) is 1. The first-order valence-corrected chi connectivity index (χ1v) is 5.88. The van der Waals surface area contributed by atoms with Gasteiger partial charge >= 0.3 is 0 Å². The molecule has 1 heterocycles. The number of nitrogens with one attached hydrogen (secondary N) is 1. The van der Waals surface area contributed by atoms with Gasteiger partial charge in [-0.1, -0.05) is 0 Å². The van der Waals surface area contributed by atoms with Crippen LogP contribution in [0.4, 0.5) is 0 Å². The van der Waals surface area contributed by atoms with Gasteiger partial charge in [0.2, 0.25) is 0 Å². The molecular weight excluding hydrogens is 228 g/mol. The maximum absolute atomic E-state index is 11.7. The molecule has 0 bridgehead atoms. The normalized spacial score (nSPS) is 10.3. The van der Waals surface area contributed by atoms with Gasteiger partial charge in [-0.05, 0) is 37.2 Å². The van der Waals surface area contributed by atoms with Crippen molar-refractivity contribution < 1.29 is 4.79 Å². The highest BCUT2D eigenvalue weighted by Gasteiger charge is 2.04. The highest BCUT2D eigenvalue weighted by molar-refractivity contribution is 5.94. The second-order valence-corrected chi connectivity index (χ2v) is 3.91. The van der Waals surface area contributed by atoms with E-state index in [1.165, 1.54) is 0 Å². The van der Waals surface area contributed by atoms with Gasteiger partial charge in [-0.2, -0.15) is 0 Å². The quantitative estimate of drug-likeness (QED) is 0.769. The third-order valence-electron chi connectivity index (χ3n) is 2.60. The van der Waals surface area contributed by atoms with Crippen molar-refractivity contribution in [2.45, 2.75) is 6.42 Å². The third-order valence-corrected chi connectivity index (χ3v) is 2.60. The molecule has 5 heteroatoms. The van der Waals surface area contributed by atoms with Gasteiger partial charge in [-0.15, -0.1) is 0 Å². The van der Waals surface area contributed by atoms with Crippen molar-refractivity contribution in [3.63, 3.8) is 0 Å². The number of hydrogen-bond donors (Lipinski definition) is 2. The molecule has 0 radical (unpaired) electrons. The Balaban J connectivity index is 2.01. The van der Waals surface area contributed by atoms with Crippen molar-refractivity contribution in [2.75, 3.05) is 13.1 Å². The van der Waals surface area contributed by atoms with Crippen molar-refractivity contribution in [1.29, 1.82) is 0 Å². The lowest BCUT2D eigenvalue weighted by atomic mass is 10.2. The van der Waals surface area contributed by atoms with Crippen molar-refractivity contribution in [3.8, 4) is 5.69 Å². The first-order chi connectivity index (χ1) is 8.81. The molecule has 1 aromatic heterocycles. The van der Waals surface area contributed by atoms with E-state index in [1.807, 2.05) is 22.9 Å². The summed E-state index contributed by atoms with van der Waals surface area (Å²) in [4.78, 5) is 15.7. The zero-order valence-corrected chi connectivity index (χ0v) is 10.0. The Morgan fingerprint density at radius 1 is 1.33 bits per heavy atom. The molecule has 2 aromatic rings. The molecule has 3 N–H and O–H groups in total. The maximum Gasteiger partial charge on any atom is 0.251 e. The largest absolute Gasteiger partial charge is 0.352 e. The lowest BCUT2D eigenvalue weighted by Gasteiger charge is -2.06. The monoisotopic (exact) mass is 244 g/mol. The smallest absolute Gasteiger partial charge is 0.251 e. The lowest BCUT2D eigenvalue weighted by Crippen LogP contribution is -2.25. The number of rotatable bonds is 5. The number of aromatic nitrogens is 2. The number of nitrogens with zero attached hydrogens (tertiary/aromatic N) is 2. The Bertz CT molecular complexity index is 490. The van der Waals surface area contributed by atoms with Crippen LogP contribution in [0.25, 0.3) is 5.69 Å². The standard InChI is InChI=1S/C13H16N4O/c14-6-1-7-16-13(18)11-2-4-12(5-3-11)17-9-8-15-10-17/h2-5,8-10H,1,6-7,14H2,(H,16,18). The molecule has 1 amide bonds. The Labute approximate surface area is 106 Å². The van der Waals surface area contributed by atoms with Crippen LogP contribution < -0.4 is 11.1 Å². The molecule has 18 heavy (non-hydrogen) atoms. The van der Waals surface area contributed by atoms with Crippen LogP contribution in [-0.2, 0) is 0 Å². The van der Waals surface area contributed by atoms with Crippen LogP contribution in [0.1, 0.15) is 16.8 Å². The van der Waals surface area contributed by atoms with Gasteiger partial charge in [-0.3, -0.25) is 4.79 Å². The Hall–Kier alpha value is -2.14. The van der Waals surface area contributed by atoms with Gasteiger partial charge in [0.25, 0.3) is 5.91 Å². The summed E-state index contributed by atoms with van der Waals surface area (Å²) in [6.45, 7) is 1.19. The fraction of sp³-hybridized carbons (Fsp3) is 0.231. The highest BCUT2D eigenvalue weighted by atomic mass is 16.1. The molecule has 0 aliphatic rings. The third kappa shape index (κ3) is 2.95. The van der Waals surface area contributed by atoms with Crippen molar-refractivity contribution in [2.24, 2.45) is 5.73 Å². The minimum atomic E-state index is -0.0689. The van der Waals surface area contributed by atoms with Crippen LogP contribution in [0.5, 0.6) is 0 Å². The van der Waals surface area contributed by atoms with Crippen LogP contribution >= 0.6 is 0 Å². The van der Waals surface area contributed by atoms with Gasteiger partial charge in [0.1, 0.15) is 0 Å². The topological polar surface area (TPSA) is 72.9 Å². The van der Waals surface area contributed by atoms with E-state index in [-0.39, 0.29) is 5.91 Å². The van der Waals surface area contributed by atoms with Crippen LogP contribution in [0, 0.1) is 0 Å². The minimum absolute atomic E-state index is 0.0689. The molecule has 0 saturated heterocycles. The van der Waals surface area contributed by atoms with Gasteiger partial charge < -0.3 is 15.6 Å². The number of hydrogen-bond acceptors (Lipinski definition) is 3. The van der Waals surface area contributed by atoms with Crippen LogP contribution in [-0.4, -0.2) is 28.5 Å². The Kier molecular flexibility index (Phi) is 4.09. The fourth-order valence-electron chi connectivity index (χ4n) is 1.60. The molecule has 1 aromatic carbocycles. The summed E-state index contributed by atoms with van der Waals surface area (Å²) in [7, 11) is 0. The predicted octanol–water partition coefficient (Wildman–Crippen LogP) is 0.951. The summed E-state index contributed by atoms with van der Waals surface area (Å²) in [6, 6.07) is 7.37. The van der Waals surface area contributed by atoms with E-state index in [0.29, 0.717) is 18.7 Å². The zero-order valence-electron chi connectivity index (χ0n) is 10.0. The molecule has 0 aliphatic carbocycles. The summed E-state index contributed by atoms with van der Waals surface area (Å²) in [5.74, 6) is -0.0689. The summed E-state index contributed by atoms with van der Waals surface area (Å²) in [5.41, 5.74) is 6.99. The van der Waals surface area contributed by atoms with Gasteiger partial charge in [0.15, 0.2) is 0 Å². The average molecular weight is 244 g/mol. The van der Waals surface area contributed by atoms with Gasteiger partial charge in [0.05, 0.1) is 6.33 Å². The molecule has 0 fully saturated rings. The van der Waals surface area contributed by atoms with Crippen LogP contribution in [0.15, 0.2) is 43.0 Å².